The first-order chi connectivity index (χ1) is 16.0. The Hall–Kier alpha value is -3.89. The lowest BCUT2D eigenvalue weighted by Crippen LogP contribution is -2.43. The summed E-state index contributed by atoms with van der Waals surface area (Å²) in [6, 6.07) is 12.0. The molecule has 0 spiro atoms. The van der Waals surface area contributed by atoms with E-state index in [0.29, 0.717) is 42.9 Å². The molecule has 1 fully saturated rings. The summed E-state index contributed by atoms with van der Waals surface area (Å²) < 4.78 is 31.8. The van der Waals surface area contributed by atoms with Crippen LogP contribution in [0.4, 0.5) is 16.3 Å². The van der Waals surface area contributed by atoms with Gasteiger partial charge >= 0.3 is 11.9 Å². The molecule has 1 saturated heterocycles. The summed E-state index contributed by atoms with van der Waals surface area (Å²) in [5, 5.41) is 15.0. The molecular formula is C22H22FN5O5. The van der Waals surface area contributed by atoms with Crippen LogP contribution in [0.5, 0.6) is 17.2 Å². The summed E-state index contributed by atoms with van der Waals surface area (Å²) in [6.45, 7) is 1.76. The number of aromatic nitrogens is 3. The summed E-state index contributed by atoms with van der Waals surface area (Å²) in [4.78, 5) is 16.6. The molecule has 5 rings (SSSR count). The summed E-state index contributed by atoms with van der Waals surface area (Å²) in [7, 11) is 1.64. The van der Waals surface area contributed by atoms with Gasteiger partial charge in [0.05, 0.1) is 6.61 Å². The van der Waals surface area contributed by atoms with Crippen molar-refractivity contribution in [1.82, 2.24) is 14.8 Å². The Kier molecular flexibility index (Phi) is 5.45. The van der Waals surface area contributed by atoms with Crippen LogP contribution >= 0.6 is 0 Å². The number of fused-ring (bicyclic) bond motifs is 1. The van der Waals surface area contributed by atoms with Gasteiger partial charge in [0.25, 0.3) is 0 Å². The Morgan fingerprint density at radius 1 is 1.21 bits per heavy atom. The van der Waals surface area contributed by atoms with Gasteiger partial charge in [-0.25, -0.2) is 4.39 Å². The van der Waals surface area contributed by atoms with Crippen molar-refractivity contribution in [2.24, 2.45) is 13.0 Å². The van der Waals surface area contributed by atoms with Gasteiger partial charge in [0, 0.05) is 37.2 Å². The molecule has 0 bridgehead atoms. The lowest BCUT2D eigenvalue weighted by molar-refractivity contribution is -0.394. The van der Waals surface area contributed by atoms with Crippen LogP contribution in [0.3, 0.4) is 0 Å². The summed E-state index contributed by atoms with van der Waals surface area (Å²) >= 11 is 0. The van der Waals surface area contributed by atoms with E-state index in [1.165, 1.54) is 16.8 Å². The van der Waals surface area contributed by atoms with Gasteiger partial charge in [0.15, 0.2) is 11.5 Å². The van der Waals surface area contributed by atoms with E-state index in [-0.39, 0.29) is 24.4 Å². The number of ether oxygens (including phenoxy) is 3. The van der Waals surface area contributed by atoms with Crippen molar-refractivity contribution in [3.63, 3.8) is 0 Å². The van der Waals surface area contributed by atoms with Crippen molar-refractivity contribution in [2.45, 2.75) is 12.3 Å². The lowest BCUT2D eigenvalue weighted by Gasteiger charge is -2.38. The maximum absolute atomic E-state index is 13.5. The third-order valence-electron chi connectivity index (χ3n) is 6.02. The van der Waals surface area contributed by atoms with Gasteiger partial charge < -0.3 is 29.2 Å². The Morgan fingerprint density at radius 3 is 2.76 bits per heavy atom. The summed E-state index contributed by atoms with van der Waals surface area (Å²) in [5.74, 6) is 1.84. The van der Waals surface area contributed by atoms with E-state index >= 15 is 0 Å². The molecule has 172 valence electrons. The number of anilines is 1. The standard InChI is InChI=1S/C22H22FN5O5/c1-26-22(24-21(25-26)28(29)30)27-9-8-18(14-2-4-16(23)5-3-14)15(11-27)12-31-17-6-7-19-20(10-17)33-13-32-19/h2-7,10,15,18H,8-9,11-13H2,1H3. The molecule has 2 unspecified atom stereocenters. The van der Waals surface area contributed by atoms with Crippen molar-refractivity contribution < 1.29 is 23.5 Å². The topological polar surface area (TPSA) is 105 Å². The van der Waals surface area contributed by atoms with Crippen LogP contribution in [0.25, 0.3) is 0 Å². The third-order valence-corrected chi connectivity index (χ3v) is 6.02. The van der Waals surface area contributed by atoms with Gasteiger partial charge in [-0.1, -0.05) is 12.1 Å². The van der Waals surface area contributed by atoms with Crippen LogP contribution in [0.1, 0.15) is 17.9 Å². The van der Waals surface area contributed by atoms with E-state index in [0.717, 1.165) is 12.0 Å². The zero-order valence-electron chi connectivity index (χ0n) is 17.9. The number of aryl methyl sites for hydroxylation is 1. The third kappa shape index (κ3) is 4.26. The highest BCUT2D eigenvalue weighted by atomic mass is 19.1. The minimum absolute atomic E-state index is 0.0189. The van der Waals surface area contributed by atoms with Crippen molar-refractivity contribution in [1.29, 1.82) is 0 Å². The van der Waals surface area contributed by atoms with Crippen LogP contribution in [-0.2, 0) is 7.05 Å². The molecule has 0 saturated carbocycles. The zero-order chi connectivity index (χ0) is 22.9. The average molecular weight is 455 g/mol. The molecule has 33 heavy (non-hydrogen) atoms. The molecule has 0 N–H and O–H groups in total. The maximum atomic E-state index is 13.5. The fraction of sp³-hybridized carbons (Fsp3) is 0.364. The number of nitrogens with zero attached hydrogens (tertiary/aromatic N) is 5. The van der Waals surface area contributed by atoms with Crippen LogP contribution in [-0.4, -0.2) is 46.2 Å². The number of hydrogen-bond donors (Lipinski definition) is 0. The summed E-state index contributed by atoms with van der Waals surface area (Å²) in [6.07, 6.45) is 0.751. The molecular weight excluding hydrogens is 433 g/mol. The molecule has 10 nitrogen and oxygen atoms in total. The van der Waals surface area contributed by atoms with E-state index in [2.05, 4.69) is 10.1 Å². The van der Waals surface area contributed by atoms with Crippen LogP contribution in [0.2, 0.25) is 0 Å². The monoisotopic (exact) mass is 455 g/mol. The first-order valence-corrected chi connectivity index (χ1v) is 10.6. The highest BCUT2D eigenvalue weighted by Gasteiger charge is 2.35. The fourth-order valence-electron chi connectivity index (χ4n) is 4.42. The fourth-order valence-corrected chi connectivity index (χ4v) is 4.42. The van der Waals surface area contributed by atoms with E-state index in [1.54, 1.807) is 31.3 Å². The normalized spacial score (nSPS) is 19.5. The SMILES string of the molecule is Cn1nc([N+](=O)[O-])nc1N1CCC(c2ccc(F)cc2)C(COc2ccc3c(c2)OCO3)C1. The predicted molar refractivity (Wildman–Crippen MR) is 115 cm³/mol. The number of piperidine rings is 1. The minimum Gasteiger partial charge on any atom is -0.493 e. The van der Waals surface area contributed by atoms with Gasteiger partial charge in [-0.05, 0) is 52.1 Å². The van der Waals surface area contributed by atoms with Gasteiger partial charge in [-0.15, -0.1) is 0 Å². The van der Waals surface area contributed by atoms with Gasteiger partial charge in [-0.3, -0.25) is 0 Å². The van der Waals surface area contributed by atoms with E-state index < -0.39 is 10.9 Å². The molecule has 0 radical (unpaired) electrons. The Morgan fingerprint density at radius 2 is 2.00 bits per heavy atom. The van der Waals surface area contributed by atoms with Gasteiger partial charge in [0.1, 0.15) is 11.6 Å². The first kappa shape index (κ1) is 21.0. The van der Waals surface area contributed by atoms with Gasteiger partial charge in [0.2, 0.25) is 6.79 Å². The number of benzene rings is 2. The second-order valence-corrected chi connectivity index (χ2v) is 8.07. The zero-order valence-corrected chi connectivity index (χ0v) is 17.9. The van der Waals surface area contributed by atoms with Crippen molar-refractivity contribution in [3.8, 4) is 17.2 Å². The smallest absolute Gasteiger partial charge is 0.493 e. The molecule has 11 heteroatoms. The van der Waals surface area contributed by atoms with E-state index in [1.807, 2.05) is 11.0 Å². The highest BCUT2D eigenvalue weighted by molar-refractivity contribution is 5.47. The van der Waals surface area contributed by atoms with Crippen molar-refractivity contribution >= 4 is 11.9 Å². The first-order valence-electron chi connectivity index (χ1n) is 10.6. The van der Waals surface area contributed by atoms with Crippen LogP contribution in [0, 0.1) is 21.8 Å². The molecule has 2 aliphatic heterocycles. The quantitative estimate of drug-likeness (QED) is 0.412. The highest BCUT2D eigenvalue weighted by Crippen LogP contribution is 2.38. The number of rotatable bonds is 6. The number of hydrogen-bond acceptors (Lipinski definition) is 8. The molecule has 0 amide bonds. The number of halogens is 1. The lowest BCUT2D eigenvalue weighted by atomic mass is 9.81. The van der Waals surface area contributed by atoms with Crippen molar-refractivity contribution in [3.05, 3.63) is 64.0 Å². The minimum atomic E-state index is -0.602. The van der Waals surface area contributed by atoms with Crippen LogP contribution in [0.15, 0.2) is 42.5 Å². The molecule has 2 aliphatic rings. The average Bonchev–Trinajstić information content (AvgIpc) is 3.44. The van der Waals surface area contributed by atoms with Crippen LogP contribution < -0.4 is 19.1 Å². The maximum Gasteiger partial charge on any atom is 0.493 e. The molecule has 0 aliphatic carbocycles. The van der Waals surface area contributed by atoms with Crippen molar-refractivity contribution in [2.75, 3.05) is 31.4 Å². The summed E-state index contributed by atoms with van der Waals surface area (Å²) in [5.41, 5.74) is 1.03. The molecule has 2 aromatic carbocycles. The molecule has 3 heterocycles. The second kappa shape index (κ2) is 8.57. The molecule has 2 atom stereocenters. The van der Waals surface area contributed by atoms with E-state index in [9.17, 15) is 14.5 Å². The predicted octanol–water partition coefficient (Wildman–Crippen LogP) is 3.28. The second-order valence-electron chi connectivity index (χ2n) is 8.07. The largest absolute Gasteiger partial charge is 0.493 e. The Labute approximate surface area is 188 Å². The molecule has 3 aromatic rings. The molecule has 1 aromatic heterocycles. The Bertz CT molecular complexity index is 1170. The number of nitro groups is 1. The van der Waals surface area contributed by atoms with E-state index in [4.69, 9.17) is 14.2 Å². The Balaban J connectivity index is 1.37. The van der Waals surface area contributed by atoms with Gasteiger partial charge in [-0.2, -0.15) is 4.68 Å².